The molecule has 0 aliphatic rings. The summed E-state index contributed by atoms with van der Waals surface area (Å²) in [6, 6.07) is 7.93. The number of aromatic amines is 1. The van der Waals surface area contributed by atoms with Gasteiger partial charge in [0.15, 0.2) is 0 Å². The fourth-order valence-electron chi connectivity index (χ4n) is 3.09. The van der Waals surface area contributed by atoms with E-state index in [1.54, 1.807) is 0 Å². The molecule has 0 unspecified atom stereocenters. The molecule has 0 radical (unpaired) electrons. The van der Waals surface area contributed by atoms with Crippen LogP contribution in [0.1, 0.15) is 71.1 Å². The number of aryl methyl sites for hydroxylation is 1. The molecule has 0 saturated heterocycles. The quantitative estimate of drug-likeness (QED) is 0.565. The van der Waals surface area contributed by atoms with Crippen molar-refractivity contribution in [3.8, 4) is 0 Å². The first-order valence-electron chi connectivity index (χ1n) is 9.00. The Balaban J connectivity index is 1.60. The van der Waals surface area contributed by atoms with Gasteiger partial charge in [0.1, 0.15) is 0 Å². The fourth-order valence-corrected chi connectivity index (χ4v) is 3.09. The first-order chi connectivity index (χ1) is 10.8. The van der Waals surface area contributed by atoms with Gasteiger partial charge >= 0.3 is 5.69 Å². The number of H-pyrrole nitrogens is 1. The smallest absolute Gasteiger partial charge is 0.306 e. The third-order valence-corrected chi connectivity index (χ3v) is 4.42. The van der Waals surface area contributed by atoms with E-state index in [4.69, 9.17) is 0 Å². The van der Waals surface area contributed by atoms with Crippen LogP contribution in [0, 0.1) is 0 Å². The molecule has 3 nitrogen and oxygen atoms in total. The molecule has 0 aliphatic heterocycles. The molecule has 0 fully saturated rings. The molecule has 1 aromatic heterocycles. The Morgan fingerprint density at radius 3 is 2.14 bits per heavy atom. The summed E-state index contributed by atoms with van der Waals surface area (Å²) in [6.45, 7) is 3.10. The maximum Gasteiger partial charge on any atom is 0.326 e. The first-order valence-corrected chi connectivity index (χ1v) is 9.00. The molecular formula is C19H30N2O. The molecule has 0 spiro atoms. The lowest BCUT2D eigenvalue weighted by Crippen LogP contribution is -2.16. The second kappa shape index (κ2) is 9.50. The number of rotatable bonds is 11. The monoisotopic (exact) mass is 302 g/mol. The molecule has 1 aromatic carbocycles. The minimum absolute atomic E-state index is 0.0251. The SMILES string of the molecule is CCCCCCCCCCCCn1c(=O)[nH]c2ccccc21. The Labute approximate surface area is 133 Å². The summed E-state index contributed by atoms with van der Waals surface area (Å²) in [5, 5.41) is 0. The lowest BCUT2D eigenvalue weighted by atomic mass is 10.1. The second-order valence-corrected chi connectivity index (χ2v) is 6.28. The summed E-state index contributed by atoms with van der Waals surface area (Å²) in [6.07, 6.45) is 13.2. The van der Waals surface area contributed by atoms with Gasteiger partial charge in [-0.15, -0.1) is 0 Å². The molecule has 0 aliphatic carbocycles. The van der Waals surface area contributed by atoms with E-state index >= 15 is 0 Å². The van der Waals surface area contributed by atoms with E-state index in [0.717, 1.165) is 24.0 Å². The summed E-state index contributed by atoms with van der Waals surface area (Å²) >= 11 is 0. The molecule has 3 heteroatoms. The number of para-hydroxylation sites is 2. The van der Waals surface area contributed by atoms with Crippen LogP contribution in [0.5, 0.6) is 0 Å². The Kier molecular flexibility index (Phi) is 7.27. The van der Waals surface area contributed by atoms with Crippen molar-refractivity contribution in [1.29, 1.82) is 0 Å². The van der Waals surface area contributed by atoms with Crippen LogP contribution in [0.2, 0.25) is 0 Å². The number of nitrogens with zero attached hydrogens (tertiary/aromatic N) is 1. The normalized spacial score (nSPS) is 11.3. The van der Waals surface area contributed by atoms with Crippen LogP contribution in [0.25, 0.3) is 11.0 Å². The average Bonchev–Trinajstić information content (AvgIpc) is 2.85. The predicted octanol–water partition coefficient (Wildman–Crippen LogP) is 5.25. The van der Waals surface area contributed by atoms with E-state index in [1.807, 2.05) is 28.8 Å². The molecule has 0 amide bonds. The number of hydrogen-bond acceptors (Lipinski definition) is 1. The maximum absolute atomic E-state index is 11.9. The van der Waals surface area contributed by atoms with E-state index in [9.17, 15) is 4.79 Å². The Hall–Kier alpha value is -1.51. The maximum atomic E-state index is 11.9. The van der Waals surface area contributed by atoms with Gasteiger partial charge in [0.2, 0.25) is 0 Å². The molecular weight excluding hydrogens is 272 g/mol. The van der Waals surface area contributed by atoms with Gasteiger partial charge in [-0.25, -0.2) is 4.79 Å². The number of nitrogens with one attached hydrogen (secondary N) is 1. The molecule has 0 atom stereocenters. The molecule has 2 aromatic rings. The predicted molar refractivity (Wildman–Crippen MR) is 94.4 cm³/mol. The lowest BCUT2D eigenvalue weighted by Gasteiger charge is -2.04. The zero-order valence-electron chi connectivity index (χ0n) is 13.9. The molecule has 2 rings (SSSR count). The van der Waals surface area contributed by atoms with Gasteiger partial charge in [-0.1, -0.05) is 76.8 Å². The van der Waals surface area contributed by atoms with Gasteiger partial charge in [0.25, 0.3) is 0 Å². The highest BCUT2D eigenvalue weighted by Gasteiger charge is 2.04. The fraction of sp³-hybridized carbons (Fsp3) is 0.632. The molecule has 1 heterocycles. The van der Waals surface area contributed by atoms with E-state index in [0.29, 0.717) is 0 Å². The standard InChI is InChI=1S/C19H30N2O/c1-2-3-4-5-6-7-8-9-10-13-16-21-18-15-12-11-14-17(18)20-19(21)22/h11-12,14-15H,2-10,13,16H2,1H3,(H,20,22). The van der Waals surface area contributed by atoms with Crippen LogP contribution in [-0.2, 0) is 6.54 Å². The van der Waals surface area contributed by atoms with Crippen LogP contribution in [0.3, 0.4) is 0 Å². The number of benzene rings is 1. The zero-order valence-corrected chi connectivity index (χ0v) is 13.9. The largest absolute Gasteiger partial charge is 0.326 e. The second-order valence-electron chi connectivity index (χ2n) is 6.28. The summed E-state index contributed by atoms with van der Waals surface area (Å²) in [5.41, 5.74) is 2.00. The molecule has 22 heavy (non-hydrogen) atoms. The van der Waals surface area contributed by atoms with Gasteiger partial charge in [-0.3, -0.25) is 4.57 Å². The van der Waals surface area contributed by atoms with Crippen LogP contribution in [-0.4, -0.2) is 9.55 Å². The number of unbranched alkanes of at least 4 members (excludes halogenated alkanes) is 9. The van der Waals surface area contributed by atoms with Crippen molar-refractivity contribution < 1.29 is 0 Å². The van der Waals surface area contributed by atoms with Gasteiger partial charge < -0.3 is 4.98 Å². The molecule has 1 N–H and O–H groups in total. The summed E-state index contributed by atoms with van der Waals surface area (Å²) in [7, 11) is 0. The number of hydrogen-bond donors (Lipinski definition) is 1. The van der Waals surface area contributed by atoms with E-state index < -0.39 is 0 Å². The summed E-state index contributed by atoms with van der Waals surface area (Å²) < 4.78 is 1.88. The van der Waals surface area contributed by atoms with E-state index in [2.05, 4.69) is 11.9 Å². The number of aromatic nitrogens is 2. The van der Waals surface area contributed by atoms with Crippen molar-refractivity contribution in [2.24, 2.45) is 0 Å². The highest BCUT2D eigenvalue weighted by Crippen LogP contribution is 2.13. The van der Waals surface area contributed by atoms with Crippen LogP contribution in [0.15, 0.2) is 29.1 Å². The molecule has 0 saturated carbocycles. The van der Waals surface area contributed by atoms with Crippen LogP contribution < -0.4 is 5.69 Å². The van der Waals surface area contributed by atoms with Crippen molar-refractivity contribution in [2.75, 3.05) is 0 Å². The van der Waals surface area contributed by atoms with Crippen molar-refractivity contribution in [3.63, 3.8) is 0 Å². The van der Waals surface area contributed by atoms with Crippen molar-refractivity contribution >= 4 is 11.0 Å². The van der Waals surface area contributed by atoms with Gasteiger partial charge in [-0.05, 0) is 18.6 Å². The molecule has 0 bridgehead atoms. The van der Waals surface area contributed by atoms with E-state index in [1.165, 1.54) is 57.8 Å². The average molecular weight is 302 g/mol. The Bertz CT molecular complexity index is 597. The Morgan fingerprint density at radius 2 is 1.45 bits per heavy atom. The highest BCUT2D eigenvalue weighted by atomic mass is 16.1. The molecule has 122 valence electrons. The highest BCUT2D eigenvalue weighted by molar-refractivity contribution is 5.74. The first kappa shape index (κ1) is 16.9. The topological polar surface area (TPSA) is 37.8 Å². The summed E-state index contributed by atoms with van der Waals surface area (Å²) in [5.74, 6) is 0. The third-order valence-electron chi connectivity index (χ3n) is 4.42. The van der Waals surface area contributed by atoms with E-state index in [-0.39, 0.29) is 5.69 Å². The van der Waals surface area contributed by atoms with Gasteiger partial charge in [-0.2, -0.15) is 0 Å². The van der Waals surface area contributed by atoms with Gasteiger partial charge in [0, 0.05) is 6.54 Å². The van der Waals surface area contributed by atoms with Gasteiger partial charge in [0.05, 0.1) is 11.0 Å². The zero-order chi connectivity index (χ0) is 15.6. The lowest BCUT2D eigenvalue weighted by molar-refractivity contribution is 0.534. The number of imidazole rings is 1. The summed E-state index contributed by atoms with van der Waals surface area (Å²) in [4.78, 5) is 14.9. The third kappa shape index (κ3) is 5.04. The minimum Gasteiger partial charge on any atom is -0.306 e. The van der Waals surface area contributed by atoms with Crippen molar-refractivity contribution in [2.45, 2.75) is 77.7 Å². The van der Waals surface area contributed by atoms with Crippen molar-refractivity contribution in [3.05, 3.63) is 34.7 Å². The number of fused-ring (bicyclic) bond motifs is 1. The van der Waals surface area contributed by atoms with Crippen molar-refractivity contribution in [1.82, 2.24) is 9.55 Å². The minimum atomic E-state index is 0.0251. The Morgan fingerprint density at radius 1 is 0.864 bits per heavy atom. The van der Waals surface area contributed by atoms with Crippen LogP contribution in [0.4, 0.5) is 0 Å². The van der Waals surface area contributed by atoms with Crippen LogP contribution >= 0.6 is 0 Å².